The summed E-state index contributed by atoms with van der Waals surface area (Å²) in [6.07, 6.45) is 0.455. The molecule has 1 aromatic carbocycles. The molecule has 0 bridgehead atoms. The number of aldehydes is 1. The van der Waals surface area contributed by atoms with Gasteiger partial charge in [-0.05, 0) is 24.3 Å². The molecule has 2 rings (SSSR count). The highest BCUT2D eigenvalue weighted by atomic mass is 19.3. The van der Waals surface area contributed by atoms with Crippen molar-refractivity contribution in [1.82, 2.24) is 0 Å². The fraction of sp³-hybridized carbons (Fsp3) is 0.0833. The van der Waals surface area contributed by atoms with Crippen LogP contribution in [0, 0.1) is 5.82 Å². The first-order valence-electron chi connectivity index (χ1n) is 4.90. The lowest BCUT2D eigenvalue weighted by Gasteiger charge is -2.09. The normalized spacial score (nSPS) is 10.7. The molecule has 0 saturated carbocycles. The van der Waals surface area contributed by atoms with E-state index in [2.05, 4.69) is 4.74 Å². The Bertz CT molecular complexity index is 563. The molecule has 1 heterocycles. The first kappa shape index (κ1) is 12.2. The van der Waals surface area contributed by atoms with Gasteiger partial charge in [0.15, 0.2) is 23.6 Å². The van der Waals surface area contributed by atoms with E-state index in [0.29, 0.717) is 6.29 Å². The number of hydrogen-bond acceptors (Lipinski definition) is 3. The number of halogens is 3. The van der Waals surface area contributed by atoms with Crippen molar-refractivity contribution in [3.8, 4) is 17.1 Å². The van der Waals surface area contributed by atoms with Crippen LogP contribution >= 0.6 is 0 Å². The van der Waals surface area contributed by atoms with Crippen LogP contribution in [-0.4, -0.2) is 12.9 Å². The van der Waals surface area contributed by atoms with Gasteiger partial charge in [0.05, 0.1) is 5.56 Å². The Kier molecular flexibility index (Phi) is 3.36. The van der Waals surface area contributed by atoms with Gasteiger partial charge in [0.2, 0.25) is 0 Å². The fourth-order valence-electron chi connectivity index (χ4n) is 1.47. The van der Waals surface area contributed by atoms with Gasteiger partial charge in [-0.1, -0.05) is 6.07 Å². The summed E-state index contributed by atoms with van der Waals surface area (Å²) < 4.78 is 47.0. The highest BCUT2D eigenvalue weighted by Crippen LogP contribution is 2.34. The van der Waals surface area contributed by atoms with Crippen LogP contribution in [0.1, 0.15) is 10.6 Å². The van der Waals surface area contributed by atoms with Gasteiger partial charge in [-0.3, -0.25) is 4.79 Å². The molecular formula is C12H7F3O3. The molecule has 0 N–H and O–H groups in total. The third kappa shape index (κ3) is 2.37. The fourth-order valence-corrected chi connectivity index (χ4v) is 1.47. The van der Waals surface area contributed by atoms with Gasteiger partial charge in [0.1, 0.15) is 5.76 Å². The molecule has 2 aromatic rings. The maximum absolute atomic E-state index is 13.4. The lowest BCUT2D eigenvalue weighted by Crippen LogP contribution is -2.04. The molecule has 0 aliphatic heterocycles. The molecule has 18 heavy (non-hydrogen) atoms. The number of hydrogen-bond donors (Lipinski definition) is 0. The highest BCUT2D eigenvalue weighted by molar-refractivity contribution is 5.74. The molecule has 1 aromatic heterocycles. The van der Waals surface area contributed by atoms with Crippen molar-refractivity contribution < 1.29 is 27.1 Å². The standard InChI is InChI=1S/C12H7F3O3/c13-9-3-1-2-8(11(9)18-12(14)15)10-5-4-7(6-16)17-10/h1-6,12H. The van der Waals surface area contributed by atoms with E-state index in [1.807, 2.05) is 0 Å². The second-order valence-corrected chi connectivity index (χ2v) is 3.31. The molecule has 0 aliphatic rings. The Hall–Kier alpha value is -2.24. The smallest absolute Gasteiger partial charge is 0.387 e. The largest absolute Gasteiger partial charge is 0.453 e. The van der Waals surface area contributed by atoms with Gasteiger partial charge >= 0.3 is 6.61 Å². The molecule has 0 spiro atoms. The summed E-state index contributed by atoms with van der Waals surface area (Å²) in [4.78, 5) is 10.5. The molecule has 0 fully saturated rings. The summed E-state index contributed by atoms with van der Waals surface area (Å²) >= 11 is 0. The van der Waals surface area contributed by atoms with Crippen LogP contribution in [0.25, 0.3) is 11.3 Å². The SMILES string of the molecule is O=Cc1ccc(-c2cccc(F)c2OC(F)F)o1. The first-order valence-corrected chi connectivity index (χ1v) is 4.90. The van der Waals surface area contributed by atoms with E-state index < -0.39 is 18.2 Å². The third-order valence-corrected chi connectivity index (χ3v) is 2.18. The van der Waals surface area contributed by atoms with Crippen molar-refractivity contribution >= 4 is 6.29 Å². The predicted molar refractivity (Wildman–Crippen MR) is 56.1 cm³/mol. The highest BCUT2D eigenvalue weighted by Gasteiger charge is 2.18. The van der Waals surface area contributed by atoms with Crippen LogP contribution < -0.4 is 4.74 Å². The zero-order valence-corrected chi connectivity index (χ0v) is 8.90. The number of carbonyl (C=O) groups excluding carboxylic acids is 1. The lowest BCUT2D eigenvalue weighted by atomic mass is 10.1. The zero-order chi connectivity index (χ0) is 13.1. The van der Waals surface area contributed by atoms with Crippen LogP contribution in [0.4, 0.5) is 13.2 Å². The van der Waals surface area contributed by atoms with Crippen molar-refractivity contribution in [2.75, 3.05) is 0 Å². The lowest BCUT2D eigenvalue weighted by molar-refractivity contribution is -0.0518. The second-order valence-electron chi connectivity index (χ2n) is 3.31. The predicted octanol–water partition coefficient (Wildman–Crippen LogP) is 3.50. The number of furan rings is 1. The van der Waals surface area contributed by atoms with E-state index >= 15 is 0 Å². The Morgan fingerprint density at radius 3 is 2.61 bits per heavy atom. The van der Waals surface area contributed by atoms with Crippen LogP contribution in [0.15, 0.2) is 34.7 Å². The molecule has 3 nitrogen and oxygen atoms in total. The average molecular weight is 256 g/mol. The molecule has 0 unspecified atom stereocenters. The maximum Gasteiger partial charge on any atom is 0.387 e. The summed E-state index contributed by atoms with van der Waals surface area (Å²) in [6.45, 7) is -3.15. The topological polar surface area (TPSA) is 39.4 Å². The number of carbonyl (C=O) groups is 1. The maximum atomic E-state index is 13.4. The van der Waals surface area contributed by atoms with Gasteiger partial charge in [0.25, 0.3) is 0 Å². The zero-order valence-electron chi connectivity index (χ0n) is 8.90. The minimum absolute atomic E-state index is 0.0114. The summed E-state index contributed by atoms with van der Waals surface area (Å²) in [5.74, 6) is -1.46. The van der Waals surface area contributed by atoms with E-state index in [1.165, 1.54) is 24.3 Å². The Morgan fingerprint density at radius 2 is 2.00 bits per heavy atom. The van der Waals surface area contributed by atoms with Crippen molar-refractivity contribution in [3.05, 3.63) is 41.9 Å². The van der Waals surface area contributed by atoms with Gasteiger partial charge in [-0.15, -0.1) is 0 Å². The minimum atomic E-state index is -3.15. The molecule has 6 heteroatoms. The number of alkyl halides is 2. The summed E-state index contributed by atoms with van der Waals surface area (Å²) in [7, 11) is 0. The third-order valence-electron chi connectivity index (χ3n) is 2.18. The van der Waals surface area contributed by atoms with Crippen molar-refractivity contribution in [1.29, 1.82) is 0 Å². The van der Waals surface area contributed by atoms with E-state index in [0.717, 1.165) is 6.07 Å². The first-order chi connectivity index (χ1) is 8.61. The Labute approximate surface area is 99.8 Å². The van der Waals surface area contributed by atoms with Gasteiger partial charge < -0.3 is 9.15 Å². The van der Waals surface area contributed by atoms with Crippen LogP contribution in [0.3, 0.4) is 0 Å². The molecular weight excluding hydrogens is 249 g/mol. The molecule has 0 radical (unpaired) electrons. The molecule has 0 atom stereocenters. The number of para-hydroxylation sites is 1. The summed E-state index contributed by atoms with van der Waals surface area (Å²) in [5.41, 5.74) is 0.0170. The summed E-state index contributed by atoms with van der Waals surface area (Å²) in [5, 5.41) is 0. The molecule has 94 valence electrons. The number of ether oxygens (including phenoxy) is 1. The molecule has 0 aliphatic carbocycles. The van der Waals surface area contributed by atoms with E-state index in [9.17, 15) is 18.0 Å². The van der Waals surface area contributed by atoms with E-state index in [1.54, 1.807) is 0 Å². The van der Waals surface area contributed by atoms with E-state index in [4.69, 9.17) is 4.42 Å². The molecule has 0 saturated heterocycles. The average Bonchev–Trinajstić information content (AvgIpc) is 2.80. The quantitative estimate of drug-likeness (QED) is 0.786. The van der Waals surface area contributed by atoms with Crippen molar-refractivity contribution in [3.63, 3.8) is 0 Å². The van der Waals surface area contributed by atoms with Gasteiger partial charge in [-0.2, -0.15) is 8.78 Å². The van der Waals surface area contributed by atoms with Crippen LogP contribution in [0.5, 0.6) is 5.75 Å². The van der Waals surface area contributed by atoms with E-state index in [-0.39, 0.29) is 17.1 Å². The Morgan fingerprint density at radius 1 is 1.22 bits per heavy atom. The van der Waals surface area contributed by atoms with Gasteiger partial charge in [0, 0.05) is 0 Å². The van der Waals surface area contributed by atoms with Crippen molar-refractivity contribution in [2.24, 2.45) is 0 Å². The van der Waals surface area contributed by atoms with Crippen molar-refractivity contribution in [2.45, 2.75) is 6.61 Å². The molecule has 0 amide bonds. The van der Waals surface area contributed by atoms with Gasteiger partial charge in [-0.25, -0.2) is 4.39 Å². The monoisotopic (exact) mass is 256 g/mol. The van der Waals surface area contributed by atoms with Crippen LogP contribution in [0.2, 0.25) is 0 Å². The number of rotatable bonds is 4. The van der Waals surface area contributed by atoms with Crippen LogP contribution in [-0.2, 0) is 0 Å². The second kappa shape index (κ2) is 4.95. The Balaban J connectivity index is 2.49. The number of benzene rings is 1. The minimum Gasteiger partial charge on any atom is -0.453 e. The summed E-state index contributed by atoms with van der Waals surface area (Å²) in [6, 6.07) is 6.39.